The van der Waals surface area contributed by atoms with Crippen LogP contribution in [0.2, 0.25) is 0 Å². The number of benzene rings is 1. The van der Waals surface area contributed by atoms with Crippen molar-refractivity contribution >= 4 is 29.3 Å². The lowest BCUT2D eigenvalue weighted by atomic mass is 10.1. The lowest BCUT2D eigenvalue weighted by Gasteiger charge is -2.32. The van der Waals surface area contributed by atoms with Crippen molar-refractivity contribution in [3.8, 4) is 0 Å². The Labute approximate surface area is 157 Å². The summed E-state index contributed by atoms with van der Waals surface area (Å²) in [5.74, 6) is 0.325. The van der Waals surface area contributed by atoms with Gasteiger partial charge in [0.1, 0.15) is 5.82 Å². The van der Waals surface area contributed by atoms with Gasteiger partial charge in [-0.05, 0) is 31.0 Å². The number of fused-ring (bicyclic) bond motifs is 1. The zero-order chi connectivity index (χ0) is 18.7. The molecule has 2 heterocycles. The van der Waals surface area contributed by atoms with Gasteiger partial charge in [-0.15, -0.1) is 11.8 Å². The molecule has 0 fully saturated rings. The van der Waals surface area contributed by atoms with Gasteiger partial charge in [0.25, 0.3) is 5.91 Å². The highest BCUT2D eigenvalue weighted by atomic mass is 32.2. The molecule has 0 aliphatic carbocycles. The number of hydrogen-bond acceptors (Lipinski definition) is 6. The molecule has 2 aromatic rings. The highest BCUT2D eigenvalue weighted by Gasteiger charge is 2.34. The van der Waals surface area contributed by atoms with Crippen molar-refractivity contribution in [1.29, 1.82) is 0 Å². The monoisotopic (exact) mass is 371 g/mol. The topological polar surface area (TPSA) is 72.4 Å². The molecule has 3 rings (SSSR count). The molecule has 0 saturated heterocycles. The van der Waals surface area contributed by atoms with E-state index in [1.54, 1.807) is 23.6 Å². The van der Waals surface area contributed by atoms with E-state index in [-0.39, 0.29) is 17.5 Å². The van der Waals surface area contributed by atoms with Crippen LogP contribution in [0.4, 0.5) is 5.69 Å². The van der Waals surface area contributed by atoms with Crippen LogP contribution in [0, 0.1) is 12.8 Å². The molecule has 0 bridgehead atoms. The van der Waals surface area contributed by atoms with Crippen molar-refractivity contribution in [3.05, 3.63) is 48.0 Å². The van der Waals surface area contributed by atoms with Crippen LogP contribution in [-0.4, -0.2) is 40.2 Å². The van der Waals surface area contributed by atoms with Gasteiger partial charge in [-0.3, -0.25) is 4.79 Å². The number of carbonyl (C=O) groups is 2. The van der Waals surface area contributed by atoms with Gasteiger partial charge in [-0.1, -0.05) is 26.0 Å². The van der Waals surface area contributed by atoms with Crippen molar-refractivity contribution in [2.45, 2.75) is 31.8 Å². The molecule has 1 aromatic heterocycles. The summed E-state index contributed by atoms with van der Waals surface area (Å²) in [5.41, 5.74) is 1.03. The Hall–Kier alpha value is -2.41. The summed E-state index contributed by atoms with van der Waals surface area (Å²) in [4.78, 5) is 36.4. The number of para-hydroxylation sites is 1. The Morgan fingerprint density at radius 3 is 2.73 bits per heavy atom. The number of carbonyl (C=O) groups excluding carboxylic acids is 2. The van der Waals surface area contributed by atoms with Crippen molar-refractivity contribution in [2.24, 2.45) is 5.92 Å². The molecule has 136 valence electrons. The normalized spacial score (nSPS) is 14.7. The number of ether oxygens (including phenoxy) is 1. The van der Waals surface area contributed by atoms with Gasteiger partial charge in [-0.25, -0.2) is 14.8 Å². The second-order valence-electron chi connectivity index (χ2n) is 6.37. The number of hydrogen-bond donors (Lipinski definition) is 0. The van der Waals surface area contributed by atoms with E-state index >= 15 is 0 Å². The fraction of sp³-hybridized carbons (Fsp3) is 0.368. The fourth-order valence-corrected chi connectivity index (χ4v) is 3.76. The van der Waals surface area contributed by atoms with Crippen LogP contribution in [0.25, 0.3) is 0 Å². The molecule has 26 heavy (non-hydrogen) atoms. The number of nitrogens with zero attached hydrogens (tertiary/aromatic N) is 3. The molecule has 1 unspecified atom stereocenters. The quantitative estimate of drug-likeness (QED) is 0.769. The Morgan fingerprint density at radius 2 is 2.00 bits per heavy atom. The SMILES string of the molecule is Cc1nccc(C(=O)OC(C(=O)N2CCSc3ccccc32)C(C)C)n1. The van der Waals surface area contributed by atoms with Crippen LogP contribution in [-0.2, 0) is 9.53 Å². The summed E-state index contributed by atoms with van der Waals surface area (Å²) in [6, 6.07) is 9.28. The third kappa shape index (κ3) is 3.88. The molecule has 0 saturated carbocycles. The van der Waals surface area contributed by atoms with Gasteiger partial charge in [0, 0.05) is 23.4 Å². The van der Waals surface area contributed by atoms with Crippen molar-refractivity contribution < 1.29 is 14.3 Å². The van der Waals surface area contributed by atoms with Crippen molar-refractivity contribution in [1.82, 2.24) is 9.97 Å². The van der Waals surface area contributed by atoms with E-state index < -0.39 is 12.1 Å². The van der Waals surface area contributed by atoms with Crippen molar-refractivity contribution in [2.75, 3.05) is 17.2 Å². The molecule has 1 aliphatic heterocycles. The third-order valence-electron chi connectivity index (χ3n) is 4.06. The largest absolute Gasteiger partial charge is 0.447 e. The molecule has 1 aromatic carbocycles. The van der Waals surface area contributed by atoms with E-state index in [0.717, 1.165) is 16.3 Å². The van der Waals surface area contributed by atoms with Crippen LogP contribution >= 0.6 is 11.8 Å². The van der Waals surface area contributed by atoms with E-state index in [1.165, 1.54) is 12.3 Å². The first-order valence-electron chi connectivity index (χ1n) is 8.51. The Morgan fingerprint density at radius 1 is 1.23 bits per heavy atom. The summed E-state index contributed by atoms with van der Waals surface area (Å²) in [7, 11) is 0. The first-order valence-corrected chi connectivity index (χ1v) is 9.50. The summed E-state index contributed by atoms with van der Waals surface area (Å²) >= 11 is 1.72. The molecular formula is C19H21N3O3S. The number of aryl methyl sites for hydroxylation is 1. The maximum atomic E-state index is 13.1. The van der Waals surface area contributed by atoms with E-state index in [2.05, 4.69) is 9.97 Å². The Kier molecular flexibility index (Phi) is 5.56. The smallest absolute Gasteiger partial charge is 0.357 e. The summed E-state index contributed by atoms with van der Waals surface area (Å²) in [6.07, 6.45) is 0.636. The molecule has 0 N–H and O–H groups in total. The van der Waals surface area contributed by atoms with Crippen LogP contribution < -0.4 is 4.90 Å². The van der Waals surface area contributed by atoms with Gasteiger partial charge in [0.2, 0.25) is 0 Å². The first kappa shape index (κ1) is 18.4. The predicted octanol–water partition coefficient (Wildman–Crippen LogP) is 3.11. The minimum Gasteiger partial charge on any atom is -0.447 e. The second-order valence-corrected chi connectivity index (χ2v) is 7.50. The average Bonchev–Trinajstić information content (AvgIpc) is 2.64. The van der Waals surface area contributed by atoms with E-state index in [0.29, 0.717) is 12.4 Å². The second kappa shape index (κ2) is 7.86. The molecule has 1 atom stereocenters. The number of amides is 1. The molecular weight excluding hydrogens is 350 g/mol. The standard InChI is InChI=1S/C19H21N3O3S/c1-12(2)17(25-19(24)14-8-9-20-13(3)21-14)18(23)22-10-11-26-16-7-5-4-6-15(16)22/h4-9,12,17H,10-11H2,1-3H3. The van der Waals surface area contributed by atoms with E-state index in [4.69, 9.17) is 4.74 Å². The van der Waals surface area contributed by atoms with Gasteiger partial charge in [0.15, 0.2) is 11.8 Å². The molecule has 7 heteroatoms. The Bertz CT molecular complexity index is 825. The van der Waals surface area contributed by atoms with E-state index in [9.17, 15) is 9.59 Å². The van der Waals surface area contributed by atoms with Crippen LogP contribution in [0.15, 0.2) is 41.4 Å². The van der Waals surface area contributed by atoms with E-state index in [1.807, 2.05) is 38.1 Å². The zero-order valence-electron chi connectivity index (χ0n) is 15.0. The maximum Gasteiger partial charge on any atom is 0.357 e. The minimum atomic E-state index is -0.867. The minimum absolute atomic E-state index is 0.156. The molecule has 0 radical (unpaired) electrons. The number of rotatable bonds is 4. The first-order chi connectivity index (χ1) is 12.5. The summed E-state index contributed by atoms with van der Waals surface area (Å²) < 4.78 is 5.56. The number of thioether (sulfide) groups is 1. The third-order valence-corrected chi connectivity index (χ3v) is 5.11. The average molecular weight is 371 g/mol. The van der Waals surface area contributed by atoms with Crippen LogP contribution in [0.1, 0.15) is 30.2 Å². The zero-order valence-corrected chi connectivity index (χ0v) is 15.8. The molecule has 6 nitrogen and oxygen atoms in total. The fourth-order valence-electron chi connectivity index (χ4n) is 2.77. The maximum absolute atomic E-state index is 13.1. The highest BCUT2D eigenvalue weighted by Crippen LogP contribution is 2.35. The lowest BCUT2D eigenvalue weighted by molar-refractivity contribution is -0.129. The highest BCUT2D eigenvalue weighted by molar-refractivity contribution is 7.99. The molecule has 0 spiro atoms. The van der Waals surface area contributed by atoms with Gasteiger partial charge >= 0.3 is 5.97 Å². The van der Waals surface area contributed by atoms with Crippen molar-refractivity contribution in [3.63, 3.8) is 0 Å². The molecule has 1 amide bonds. The van der Waals surface area contributed by atoms with Gasteiger partial charge in [0.05, 0.1) is 5.69 Å². The predicted molar refractivity (Wildman–Crippen MR) is 100 cm³/mol. The lowest BCUT2D eigenvalue weighted by Crippen LogP contribution is -2.46. The number of aromatic nitrogens is 2. The van der Waals surface area contributed by atoms with Crippen LogP contribution in [0.5, 0.6) is 0 Å². The van der Waals surface area contributed by atoms with Gasteiger partial charge in [-0.2, -0.15) is 0 Å². The number of anilines is 1. The molecule has 1 aliphatic rings. The van der Waals surface area contributed by atoms with Crippen LogP contribution in [0.3, 0.4) is 0 Å². The number of esters is 1. The van der Waals surface area contributed by atoms with Gasteiger partial charge < -0.3 is 9.64 Å². The Balaban J connectivity index is 1.82. The summed E-state index contributed by atoms with van der Waals surface area (Å²) in [6.45, 7) is 6.02. The summed E-state index contributed by atoms with van der Waals surface area (Å²) in [5, 5.41) is 0.